The van der Waals surface area contributed by atoms with E-state index < -0.39 is 0 Å². The van der Waals surface area contributed by atoms with Crippen molar-refractivity contribution in [3.63, 3.8) is 0 Å². The molecule has 2 nitrogen and oxygen atoms in total. The predicted molar refractivity (Wildman–Crippen MR) is 151 cm³/mol. The van der Waals surface area contributed by atoms with E-state index in [2.05, 4.69) is 126 Å². The van der Waals surface area contributed by atoms with E-state index in [1.807, 2.05) is 12.4 Å². The van der Waals surface area contributed by atoms with Gasteiger partial charge >= 0.3 is 0 Å². The molecule has 0 spiro atoms. The SMILES string of the molecule is c1ccc(-c2cc(-c3ccc(-c4cccc5cnccc45)cc3)nc3ccc4ccccc4c23)cc1. The Hall–Kier alpha value is -4.82. The van der Waals surface area contributed by atoms with Crippen molar-refractivity contribution in [2.45, 2.75) is 0 Å². The number of aromatic nitrogens is 2. The zero-order valence-corrected chi connectivity index (χ0v) is 19.6. The van der Waals surface area contributed by atoms with Crippen LogP contribution in [0.1, 0.15) is 0 Å². The Morgan fingerprint density at radius 2 is 1.22 bits per heavy atom. The lowest BCUT2D eigenvalue weighted by molar-refractivity contribution is 1.36. The Morgan fingerprint density at radius 3 is 2.11 bits per heavy atom. The van der Waals surface area contributed by atoms with Crippen LogP contribution in [0, 0.1) is 0 Å². The third-order valence-electron chi connectivity index (χ3n) is 6.96. The van der Waals surface area contributed by atoms with Crippen LogP contribution in [0.4, 0.5) is 0 Å². The molecule has 0 N–H and O–H groups in total. The maximum Gasteiger partial charge on any atom is 0.0722 e. The van der Waals surface area contributed by atoms with Gasteiger partial charge in [-0.3, -0.25) is 4.98 Å². The molecule has 5 aromatic carbocycles. The van der Waals surface area contributed by atoms with Gasteiger partial charge in [-0.2, -0.15) is 0 Å². The Balaban J connectivity index is 1.41. The Kier molecular flexibility index (Phi) is 4.82. The molecule has 0 bridgehead atoms. The zero-order valence-electron chi connectivity index (χ0n) is 19.6. The van der Waals surface area contributed by atoms with Gasteiger partial charge < -0.3 is 0 Å². The molecule has 7 aromatic rings. The number of nitrogens with zero attached hydrogens (tertiary/aromatic N) is 2. The maximum absolute atomic E-state index is 5.13. The molecule has 168 valence electrons. The van der Waals surface area contributed by atoms with Gasteiger partial charge in [0.15, 0.2) is 0 Å². The second-order valence-electron chi connectivity index (χ2n) is 9.08. The normalized spacial score (nSPS) is 11.3. The van der Waals surface area contributed by atoms with E-state index in [1.165, 1.54) is 43.8 Å². The summed E-state index contributed by atoms with van der Waals surface area (Å²) in [5.41, 5.74) is 7.89. The molecule has 0 radical (unpaired) electrons. The number of hydrogen-bond acceptors (Lipinski definition) is 2. The van der Waals surface area contributed by atoms with Gasteiger partial charge in [0.2, 0.25) is 0 Å². The Labute approximate surface area is 209 Å². The highest BCUT2D eigenvalue weighted by Crippen LogP contribution is 2.37. The second kappa shape index (κ2) is 8.44. The summed E-state index contributed by atoms with van der Waals surface area (Å²) in [4.78, 5) is 9.40. The first-order valence-corrected chi connectivity index (χ1v) is 12.2. The lowest BCUT2D eigenvalue weighted by Gasteiger charge is -2.13. The average molecular weight is 459 g/mol. The highest BCUT2D eigenvalue weighted by atomic mass is 14.7. The Bertz CT molecular complexity index is 1870. The predicted octanol–water partition coefficient (Wildman–Crippen LogP) is 8.94. The molecule has 0 atom stereocenters. The second-order valence-corrected chi connectivity index (χ2v) is 9.08. The lowest BCUT2D eigenvalue weighted by atomic mass is 9.94. The number of fused-ring (bicyclic) bond motifs is 4. The van der Waals surface area contributed by atoms with Crippen LogP contribution in [-0.2, 0) is 0 Å². The summed E-state index contributed by atoms with van der Waals surface area (Å²) in [5.74, 6) is 0. The minimum Gasteiger partial charge on any atom is -0.264 e. The van der Waals surface area contributed by atoms with Gasteiger partial charge in [0.1, 0.15) is 0 Å². The molecular weight excluding hydrogens is 436 g/mol. The third kappa shape index (κ3) is 3.43. The van der Waals surface area contributed by atoms with Crippen molar-refractivity contribution in [1.82, 2.24) is 9.97 Å². The van der Waals surface area contributed by atoms with E-state index in [9.17, 15) is 0 Å². The first-order chi connectivity index (χ1) is 17.8. The fourth-order valence-electron chi connectivity index (χ4n) is 5.20. The number of rotatable bonds is 3. The minimum absolute atomic E-state index is 0.977. The first-order valence-electron chi connectivity index (χ1n) is 12.2. The van der Waals surface area contributed by atoms with Crippen LogP contribution in [0.2, 0.25) is 0 Å². The van der Waals surface area contributed by atoms with Crippen molar-refractivity contribution in [2.75, 3.05) is 0 Å². The fourth-order valence-corrected chi connectivity index (χ4v) is 5.20. The number of hydrogen-bond donors (Lipinski definition) is 0. The minimum atomic E-state index is 0.977. The van der Waals surface area contributed by atoms with Crippen LogP contribution < -0.4 is 0 Å². The highest BCUT2D eigenvalue weighted by Gasteiger charge is 2.13. The van der Waals surface area contributed by atoms with E-state index in [0.717, 1.165) is 22.2 Å². The van der Waals surface area contributed by atoms with Crippen molar-refractivity contribution in [3.05, 3.63) is 134 Å². The fraction of sp³-hybridized carbons (Fsp3) is 0. The topological polar surface area (TPSA) is 25.8 Å². The summed E-state index contributed by atoms with van der Waals surface area (Å²) >= 11 is 0. The quantitative estimate of drug-likeness (QED) is 0.247. The molecule has 0 aliphatic rings. The molecule has 7 rings (SSSR count). The molecule has 0 unspecified atom stereocenters. The number of pyridine rings is 2. The molecule has 2 heterocycles. The molecule has 0 aliphatic heterocycles. The zero-order chi connectivity index (χ0) is 23.9. The molecule has 0 fully saturated rings. The van der Waals surface area contributed by atoms with Crippen LogP contribution in [0.3, 0.4) is 0 Å². The molecule has 0 aliphatic carbocycles. The standard InChI is InChI=1S/C34H22N2/c1-2-7-23(8-3-1)31-21-33(36-32-18-17-24-9-4-5-11-30(24)34(31)32)26-15-13-25(14-16-26)28-12-6-10-27-22-35-20-19-29(27)28/h1-22H. The molecule has 0 saturated carbocycles. The molecular formula is C34H22N2. The maximum atomic E-state index is 5.13. The molecule has 0 saturated heterocycles. The highest BCUT2D eigenvalue weighted by molar-refractivity contribution is 6.13. The van der Waals surface area contributed by atoms with Gasteiger partial charge in [-0.1, -0.05) is 103 Å². The summed E-state index contributed by atoms with van der Waals surface area (Å²) < 4.78 is 0. The molecule has 36 heavy (non-hydrogen) atoms. The van der Waals surface area contributed by atoms with Crippen LogP contribution in [-0.4, -0.2) is 9.97 Å². The molecule has 2 aromatic heterocycles. The summed E-state index contributed by atoms with van der Waals surface area (Å²) in [6.45, 7) is 0. The third-order valence-corrected chi connectivity index (χ3v) is 6.96. The van der Waals surface area contributed by atoms with Gasteiger partial charge in [-0.25, -0.2) is 4.98 Å². The van der Waals surface area contributed by atoms with Crippen molar-refractivity contribution >= 4 is 32.4 Å². The smallest absolute Gasteiger partial charge is 0.0722 e. The molecule has 2 heteroatoms. The average Bonchev–Trinajstić information content (AvgIpc) is 2.96. The monoisotopic (exact) mass is 458 g/mol. The first kappa shape index (κ1) is 20.5. The van der Waals surface area contributed by atoms with Crippen LogP contribution >= 0.6 is 0 Å². The van der Waals surface area contributed by atoms with Gasteiger partial charge in [-0.15, -0.1) is 0 Å². The van der Waals surface area contributed by atoms with Crippen LogP contribution in [0.15, 0.2) is 134 Å². The largest absolute Gasteiger partial charge is 0.264 e. The summed E-state index contributed by atoms with van der Waals surface area (Å²) in [7, 11) is 0. The molecule has 0 amide bonds. The van der Waals surface area contributed by atoms with Gasteiger partial charge in [0, 0.05) is 28.7 Å². The summed E-state index contributed by atoms with van der Waals surface area (Å²) in [6.07, 6.45) is 3.77. The van der Waals surface area contributed by atoms with Crippen molar-refractivity contribution in [3.8, 4) is 33.5 Å². The van der Waals surface area contributed by atoms with E-state index in [-0.39, 0.29) is 0 Å². The summed E-state index contributed by atoms with van der Waals surface area (Å²) in [6, 6.07) is 42.9. The van der Waals surface area contributed by atoms with Crippen molar-refractivity contribution in [1.29, 1.82) is 0 Å². The van der Waals surface area contributed by atoms with Crippen LogP contribution in [0.25, 0.3) is 66.0 Å². The van der Waals surface area contributed by atoms with E-state index >= 15 is 0 Å². The van der Waals surface area contributed by atoms with Crippen LogP contribution in [0.5, 0.6) is 0 Å². The van der Waals surface area contributed by atoms with Gasteiger partial charge in [0.05, 0.1) is 11.2 Å². The van der Waals surface area contributed by atoms with Crippen molar-refractivity contribution in [2.24, 2.45) is 0 Å². The van der Waals surface area contributed by atoms with E-state index in [1.54, 1.807) is 0 Å². The van der Waals surface area contributed by atoms with Crippen molar-refractivity contribution < 1.29 is 0 Å². The van der Waals surface area contributed by atoms with Gasteiger partial charge in [-0.05, 0) is 56.6 Å². The van der Waals surface area contributed by atoms with E-state index in [4.69, 9.17) is 4.98 Å². The lowest BCUT2D eigenvalue weighted by Crippen LogP contribution is -1.91. The number of benzene rings is 5. The summed E-state index contributed by atoms with van der Waals surface area (Å²) in [5, 5.41) is 6.02. The van der Waals surface area contributed by atoms with Gasteiger partial charge in [0.25, 0.3) is 0 Å². The van der Waals surface area contributed by atoms with E-state index in [0.29, 0.717) is 0 Å². The Morgan fingerprint density at radius 1 is 0.472 bits per heavy atom.